The molecule has 1 aliphatic rings. The maximum atomic E-state index is 11.2. The van der Waals surface area contributed by atoms with Crippen LogP contribution in [0.5, 0.6) is 0 Å². The number of nitrogens with zero attached hydrogens (tertiary/aromatic N) is 2. The van der Waals surface area contributed by atoms with E-state index in [0.29, 0.717) is 5.02 Å². The molecule has 0 fully saturated rings. The summed E-state index contributed by atoms with van der Waals surface area (Å²) < 4.78 is 0. The fourth-order valence-corrected chi connectivity index (χ4v) is 3.51. The number of amides is 1. The average molecular weight is 353 g/mol. The summed E-state index contributed by atoms with van der Waals surface area (Å²) in [6.07, 6.45) is 3.37. The van der Waals surface area contributed by atoms with E-state index in [1.807, 2.05) is 24.3 Å². The van der Waals surface area contributed by atoms with Crippen molar-refractivity contribution in [1.82, 2.24) is 9.97 Å². The maximum absolute atomic E-state index is 11.2. The summed E-state index contributed by atoms with van der Waals surface area (Å²) in [5.74, 6) is 0.764. The van der Waals surface area contributed by atoms with Crippen LogP contribution in [0.2, 0.25) is 5.02 Å². The summed E-state index contributed by atoms with van der Waals surface area (Å²) >= 11 is 6.04. The smallest absolute Gasteiger partial charge is 0.221 e. The van der Waals surface area contributed by atoms with Crippen molar-refractivity contribution in [2.75, 3.05) is 10.6 Å². The highest BCUT2D eigenvalue weighted by Gasteiger charge is 2.22. The van der Waals surface area contributed by atoms with Crippen LogP contribution in [0.25, 0.3) is 10.9 Å². The molecule has 0 spiro atoms. The molecule has 1 aromatic heterocycles. The molecule has 1 heterocycles. The lowest BCUT2D eigenvalue weighted by atomic mass is 10.1. The quantitative estimate of drug-likeness (QED) is 0.752. The molecule has 0 saturated carbocycles. The normalized spacial score (nSPS) is 15.8. The molecule has 1 amide bonds. The van der Waals surface area contributed by atoms with Gasteiger partial charge in [-0.1, -0.05) is 17.7 Å². The Kier molecular flexibility index (Phi) is 4.01. The van der Waals surface area contributed by atoms with Crippen LogP contribution in [0.3, 0.4) is 0 Å². The second kappa shape index (κ2) is 6.33. The molecular weight excluding hydrogens is 336 g/mol. The first kappa shape index (κ1) is 15.8. The lowest BCUT2D eigenvalue weighted by molar-refractivity contribution is -0.114. The van der Waals surface area contributed by atoms with Gasteiger partial charge >= 0.3 is 0 Å². The number of rotatable bonds is 3. The minimum Gasteiger partial charge on any atom is -0.366 e. The fraction of sp³-hybridized carbons (Fsp3) is 0.211. The predicted molar refractivity (Wildman–Crippen MR) is 100 cm³/mol. The van der Waals surface area contributed by atoms with Gasteiger partial charge in [0.25, 0.3) is 0 Å². The summed E-state index contributed by atoms with van der Waals surface area (Å²) in [7, 11) is 0. The molecule has 1 unspecified atom stereocenters. The summed E-state index contributed by atoms with van der Waals surface area (Å²) in [4.78, 5) is 19.9. The Labute approximate surface area is 150 Å². The van der Waals surface area contributed by atoms with Crippen LogP contribution in [0.4, 0.5) is 11.5 Å². The van der Waals surface area contributed by atoms with Crippen LogP contribution < -0.4 is 10.6 Å². The summed E-state index contributed by atoms with van der Waals surface area (Å²) in [6.45, 7) is 1.52. The van der Waals surface area contributed by atoms with E-state index >= 15 is 0 Å². The van der Waals surface area contributed by atoms with Gasteiger partial charge in [-0.3, -0.25) is 4.79 Å². The predicted octanol–water partition coefficient (Wildman–Crippen LogP) is 3.82. The third-order valence-electron chi connectivity index (χ3n) is 4.40. The molecule has 0 radical (unpaired) electrons. The van der Waals surface area contributed by atoms with E-state index in [9.17, 15) is 4.79 Å². The van der Waals surface area contributed by atoms with E-state index in [1.54, 1.807) is 6.33 Å². The zero-order valence-electron chi connectivity index (χ0n) is 13.7. The Morgan fingerprint density at radius 3 is 2.80 bits per heavy atom. The van der Waals surface area contributed by atoms with Gasteiger partial charge in [-0.25, -0.2) is 9.97 Å². The van der Waals surface area contributed by atoms with E-state index < -0.39 is 0 Å². The third-order valence-corrected chi connectivity index (χ3v) is 4.63. The number of benzene rings is 2. The second-order valence-electron chi connectivity index (χ2n) is 6.30. The van der Waals surface area contributed by atoms with Gasteiger partial charge in [-0.05, 0) is 54.3 Å². The van der Waals surface area contributed by atoms with Crippen molar-refractivity contribution in [3.8, 4) is 0 Å². The van der Waals surface area contributed by atoms with Crippen molar-refractivity contribution in [1.29, 1.82) is 0 Å². The molecule has 2 aromatic carbocycles. The molecular formula is C19H17ClN4O. The van der Waals surface area contributed by atoms with Gasteiger partial charge in [0, 0.05) is 29.1 Å². The van der Waals surface area contributed by atoms with Gasteiger partial charge < -0.3 is 10.6 Å². The van der Waals surface area contributed by atoms with Crippen LogP contribution in [0, 0.1) is 0 Å². The van der Waals surface area contributed by atoms with Crippen LogP contribution in [0.15, 0.2) is 42.7 Å². The summed E-state index contributed by atoms with van der Waals surface area (Å²) in [5.41, 5.74) is 4.22. The molecule has 6 heteroatoms. The van der Waals surface area contributed by atoms with Gasteiger partial charge in [0.1, 0.15) is 12.1 Å². The van der Waals surface area contributed by atoms with Gasteiger partial charge in [0.2, 0.25) is 5.91 Å². The molecule has 0 saturated heterocycles. The molecule has 4 rings (SSSR count). The van der Waals surface area contributed by atoms with E-state index in [0.717, 1.165) is 35.2 Å². The number of carbonyl (C=O) groups excluding carboxylic acids is 1. The zero-order chi connectivity index (χ0) is 17.4. The molecule has 3 aromatic rings. The molecule has 2 N–H and O–H groups in total. The van der Waals surface area contributed by atoms with Crippen molar-refractivity contribution in [3.63, 3.8) is 0 Å². The lowest BCUT2D eigenvalue weighted by Gasteiger charge is -2.14. The van der Waals surface area contributed by atoms with Crippen molar-refractivity contribution in [3.05, 3.63) is 58.9 Å². The van der Waals surface area contributed by atoms with Crippen molar-refractivity contribution >= 4 is 39.9 Å². The van der Waals surface area contributed by atoms with Crippen LogP contribution >= 0.6 is 11.6 Å². The van der Waals surface area contributed by atoms with E-state index in [2.05, 4.69) is 32.7 Å². The van der Waals surface area contributed by atoms with Gasteiger partial charge in [0.05, 0.1) is 5.52 Å². The van der Waals surface area contributed by atoms with Gasteiger partial charge in [-0.15, -0.1) is 0 Å². The third kappa shape index (κ3) is 3.28. The minimum absolute atomic E-state index is 0.0567. The maximum Gasteiger partial charge on any atom is 0.221 e. The number of halogens is 1. The van der Waals surface area contributed by atoms with Crippen LogP contribution in [0.1, 0.15) is 18.1 Å². The van der Waals surface area contributed by atoms with Crippen molar-refractivity contribution in [2.45, 2.75) is 25.8 Å². The SMILES string of the molecule is CC(=O)Nc1ccc2c(c1)CC(Nc1ncnc3cc(Cl)ccc13)C2. The zero-order valence-corrected chi connectivity index (χ0v) is 14.5. The Morgan fingerprint density at radius 1 is 1.12 bits per heavy atom. The highest BCUT2D eigenvalue weighted by Crippen LogP contribution is 2.29. The Balaban J connectivity index is 1.56. The lowest BCUT2D eigenvalue weighted by Crippen LogP contribution is -2.20. The molecule has 1 atom stereocenters. The number of carbonyl (C=O) groups is 1. The van der Waals surface area contributed by atoms with Gasteiger partial charge in [0.15, 0.2) is 0 Å². The van der Waals surface area contributed by atoms with Crippen molar-refractivity contribution in [2.24, 2.45) is 0 Å². The van der Waals surface area contributed by atoms with Gasteiger partial charge in [-0.2, -0.15) is 0 Å². The number of hydrogen-bond acceptors (Lipinski definition) is 4. The van der Waals surface area contributed by atoms with Crippen LogP contribution in [-0.2, 0) is 17.6 Å². The summed E-state index contributed by atoms with van der Waals surface area (Å²) in [5, 5.41) is 7.99. The second-order valence-corrected chi connectivity index (χ2v) is 6.73. The fourth-order valence-electron chi connectivity index (χ4n) is 3.34. The molecule has 0 aliphatic heterocycles. The van der Waals surface area contributed by atoms with Crippen molar-refractivity contribution < 1.29 is 4.79 Å². The molecule has 5 nitrogen and oxygen atoms in total. The Hall–Kier alpha value is -2.66. The number of anilines is 2. The first-order valence-corrected chi connectivity index (χ1v) is 8.52. The number of fused-ring (bicyclic) bond motifs is 2. The average Bonchev–Trinajstić information content (AvgIpc) is 2.95. The van der Waals surface area contributed by atoms with Crippen LogP contribution in [-0.4, -0.2) is 21.9 Å². The first-order chi connectivity index (χ1) is 12.1. The Morgan fingerprint density at radius 2 is 1.96 bits per heavy atom. The number of aromatic nitrogens is 2. The minimum atomic E-state index is -0.0567. The van der Waals surface area contributed by atoms with E-state index in [-0.39, 0.29) is 11.9 Å². The Bertz CT molecular complexity index is 973. The summed E-state index contributed by atoms with van der Waals surface area (Å²) in [6, 6.07) is 12.0. The standard InChI is InChI=1S/C19H17ClN4O/c1-11(25)23-15-4-2-12-6-16(8-13(12)7-15)24-19-17-5-3-14(20)9-18(17)21-10-22-19/h2-5,7,9-10,16H,6,8H2,1H3,(H,23,25)(H,21,22,24). The molecule has 0 bridgehead atoms. The topological polar surface area (TPSA) is 66.9 Å². The highest BCUT2D eigenvalue weighted by atomic mass is 35.5. The van der Waals surface area contributed by atoms with E-state index in [4.69, 9.17) is 11.6 Å². The first-order valence-electron chi connectivity index (χ1n) is 8.15. The van der Waals surface area contributed by atoms with E-state index in [1.165, 1.54) is 18.1 Å². The highest BCUT2D eigenvalue weighted by molar-refractivity contribution is 6.31. The largest absolute Gasteiger partial charge is 0.366 e. The number of nitrogens with one attached hydrogen (secondary N) is 2. The molecule has 126 valence electrons. The molecule has 1 aliphatic carbocycles. The molecule has 25 heavy (non-hydrogen) atoms. The monoisotopic (exact) mass is 352 g/mol. The number of hydrogen-bond donors (Lipinski definition) is 2.